The second-order valence-corrected chi connectivity index (χ2v) is 13.4. The minimum absolute atomic E-state index is 0.0396. The number of hydrogen-bond donors (Lipinski definition) is 5. The topological polar surface area (TPSA) is 216 Å². The summed E-state index contributed by atoms with van der Waals surface area (Å²) in [5, 5.41) is 18.8. The number of aromatic nitrogens is 3. The molecule has 8 N–H and O–H groups in total. The average molecular weight is 659 g/mol. The van der Waals surface area contributed by atoms with Crippen LogP contribution >= 0.6 is 34.9 Å². The number of nitrogens with one attached hydrogen (secondary N) is 1. The predicted molar refractivity (Wildman–Crippen MR) is 169 cm³/mol. The summed E-state index contributed by atoms with van der Waals surface area (Å²) in [5.74, 6) is -1.22. The highest BCUT2D eigenvalue weighted by molar-refractivity contribution is 8.00. The zero-order valence-electron chi connectivity index (χ0n) is 24.1. The van der Waals surface area contributed by atoms with Gasteiger partial charge in [-0.1, -0.05) is 39.6 Å². The van der Waals surface area contributed by atoms with E-state index in [2.05, 4.69) is 20.4 Å². The van der Waals surface area contributed by atoms with Gasteiger partial charge in [-0.15, -0.1) is 23.1 Å². The van der Waals surface area contributed by atoms with Gasteiger partial charge in [0.2, 0.25) is 17.5 Å². The number of oxime groups is 1. The maximum Gasteiger partial charge on any atom is 0.313 e. The molecule has 2 aliphatic rings. The van der Waals surface area contributed by atoms with E-state index in [0.29, 0.717) is 11.0 Å². The SMILES string of the molecule is CCON=C(C(=O)NC1C(=O)N2CC(CSc3nc(N)cc(N)[n+]3-c3ccc(C)cc3C)(C(=O)O)CS[C@H]12)c1csc(N)n1. The normalized spacial score (nSPS) is 21.4. The van der Waals surface area contributed by atoms with E-state index in [-0.39, 0.29) is 47.0 Å². The van der Waals surface area contributed by atoms with E-state index in [9.17, 15) is 19.5 Å². The van der Waals surface area contributed by atoms with E-state index in [4.69, 9.17) is 22.0 Å². The van der Waals surface area contributed by atoms with Gasteiger partial charge in [0.25, 0.3) is 5.91 Å². The molecule has 2 aliphatic heterocycles. The van der Waals surface area contributed by atoms with Gasteiger partial charge in [-0.25, -0.2) is 4.98 Å². The van der Waals surface area contributed by atoms with E-state index in [1.54, 1.807) is 22.9 Å². The Labute approximate surface area is 265 Å². The first-order chi connectivity index (χ1) is 20.9. The highest BCUT2D eigenvalue weighted by Gasteiger charge is 2.57. The number of nitrogen functional groups attached to an aromatic ring is 3. The molecule has 0 spiro atoms. The van der Waals surface area contributed by atoms with Crippen molar-refractivity contribution in [3.8, 4) is 5.69 Å². The van der Waals surface area contributed by atoms with Crippen molar-refractivity contribution in [2.24, 2.45) is 10.6 Å². The number of nitrogens with zero attached hydrogens (tertiary/aromatic N) is 5. The molecule has 2 fully saturated rings. The molecular weight excluding hydrogens is 627 g/mol. The highest BCUT2D eigenvalue weighted by atomic mass is 32.2. The standard InChI is InChI=1S/C27H31N9O5S3/c1-4-41-34-19(15-9-42-25(30)31-15)21(37)33-20-22(38)35-10-27(24(39)40,11-43-23(20)35)12-44-26-32-17(28)8-18(29)36(26)16-6-5-13(2)7-14(16)3/h5-9,20,23H,4,10-12H2,1-3H3,(H7,28,29,30,31,33,37,39,40)/p+1/t20?,23-,27?/m1/s1. The summed E-state index contributed by atoms with van der Waals surface area (Å²) in [7, 11) is 0. The van der Waals surface area contributed by atoms with Crippen LogP contribution in [0.5, 0.6) is 0 Å². The van der Waals surface area contributed by atoms with Crippen LogP contribution < -0.4 is 27.1 Å². The molecule has 44 heavy (non-hydrogen) atoms. The van der Waals surface area contributed by atoms with Crippen LogP contribution in [-0.2, 0) is 19.2 Å². The molecule has 232 valence electrons. The number of hydrogen-bond acceptors (Lipinski definition) is 13. The van der Waals surface area contributed by atoms with Crippen LogP contribution in [0.3, 0.4) is 0 Å². The molecule has 17 heteroatoms. The Morgan fingerprint density at radius 2 is 2.05 bits per heavy atom. The summed E-state index contributed by atoms with van der Waals surface area (Å²) in [4.78, 5) is 54.2. The molecular formula is C27H32N9O5S3+. The number of carboxylic acid groups (broad SMARTS) is 1. The Hall–Kier alpha value is -4.09. The lowest BCUT2D eigenvalue weighted by atomic mass is 9.89. The Morgan fingerprint density at radius 1 is 1.27 bits per heavy atom. The third-order valence-electron chi connectivity index (χ3n) is 7.19. The number of aryl methyl sites for hydroxylation is 2. The molecule has 0 radical (unpaired) electrons. The molecule has 0 aliphatic carbocycles. The van der Waals surface area contributed by atoms with Gasteiger partial charge in [0.15, 0.2) is 10.8 Å². The van der Waals surface area contributed by atoms with Gasteiger partial charge < -0.3 is 37.4 Å². The monoisotopic (exact) mass is 658 g/mol. The minimum Gasteiger partial charge on any atom is -0.481 e. The second-order valence-electron chi connectivity index (χ2n) is 10.4. The predicted octanol–water partition coefficient (Wildman–Crippen LogP) is 1.18. The number of thioether (sulfide) groups is 2. The van der Waals surface area contributed by atoms with Gasteiger partial charge in [0.05, 0.1) is 6.07 Å². The number of carboxylic acids is 1. The summed E-state index contributed by atoms with van der Waals surface area (Å²) in [5.41, 5.74) is 19.8. The van der Waals surface area contributed by atoms with E-state index < -0.39 is 34.6 Å². The number of carbonyl (C=O) groups is 3. The molecule has 2 aromatic heterocycles. The summed E-state index contributed by atoms with van der Waals surface area (Å²) < 4.78 is 1.75. The van der Waals surface area contributed by atoms with Gasteiger partial charge in [-0.2, -0.15) is 4.57 Å². The molecule has 1 aromatic carbocycles. The fraction of sp³-hybridized carbons (Fsp3) is 0.370. The maximum atomic E-state index is 13.2. The average Bonchev–Trinajstić information content (AvgIpc) is 3.40. The largest absolute Gasteiger partial charge is 0.481 e. The van der Waals surface area contributed by atoms with E-state index in [0.717, 1.165) is 28.2 Å². The van der Waals surface area contributed by atoms with Crippen molar-refractivity contribution in [1.82, 2.24) is 20.2 Å². The minimum atomic E-state index is -1.29. The zero-order valence-corrected chi connectivity index (χ0v) is 26.6. The van der Waals surface area contributed by atoms with Crippen LogP contribution in [0.15, 0.2) is 40.0 Å². The Balaban J connectivity index is 1.32. The number of aliphatic carboxylic acids is 1. The number of fused-ring (bicyclic) bond motifs is 1. The quantitative estimate of drug-likeness (QED) is 0.0518. The van der Waals surface area contributed by atoms with Gasteiger partial charge in [-0.05, 0) is 32.4 Å². The summed E-state index contributed by atoms with van der Waals surface area (Å²) in [6.07, 6.45) is 0. The lowest BCUT2D eigenvalue weighted by Crippen LogP contribution is -2.74. The van der Waals surface area contributed by atoms with Crippen molar-refractivity contribution in [2.45, 2.75) is 37.3 Å². The third-order valence-corrected chi connectivity index (χ3v) is 10.7. The summed E-state index contributed by atoms with van der Waals surface area (Å²) in [6.45, 7) is 5.85. The smallest absolute Gasteiger partial charge is 0.313 e. The Kier molecular flexibility index (Phi) is 8.90. The van der Waals surface area contributed by atoms with Crippen LogP contribution in [0.4, 0.5) is 16.8 Å². The van der Waals surface area contributed by atoms with E-state index in [1.807, 2.05) is 32.0 Å². The van der Waals surface area contributed by atoms with Gasteiger partial charge in [0, 0.05) is 23.4 Å². The Bertz CT molecular complexity index is 1670. The van der Waals surface area contributed by atoms with Gasteiger partial charge in [-0.3, -0.25) is 14.4 Å². The summed E-state index contributed by atoms with van der Waals surface area (Å²) >= 11 is 3.65. The number of rotatable bonds is 10. The number of anilines is 3. The second kappa shape index (κ2) is 12.5. The van der Waals surface area contributed by atoms with Gasteiger partial charge in [0.1, 0.15) is 34.8 Å². The molecule has 2 amide bonds. The third kappa shape index (κ3) is 5.98. The number of carbonyl (C=O) groups excluding carboxylic acids is 2. The molecule has 0 bridgehead atoms. The number of amides is 2. The van der Waals surface area contributed by atoms with Crippen LogP contribution in [0.25, 0.3) is 5.69 Å². The van der Waals surface area contributed by atoms with Crippen LogP contribution in [-0.4, -0.2) is 79.5 Å². The maximum absolute atomic E-state index is 13.2. The molecule has 14 nitrogen and oxygen atoms in total. The fourth-order valence-electron chi connectivity index (χ4n) is 4.96. The van der Waals surface area contributed by atoms with Crippen LogP contribution in [0.1, 0.15) is 23.7 Å². The molecule has 3 aromatic rings. The number of β-lactam (4-membered cyclic amide) rings is 1. The number of nitrogens with two attached hydrogens (primary N) is 3. The molecule has 2 saturated heterocycles. The molecule has 0 saturated carbocycles. The first-order valence-corrected chi connectivity index (χ1v) is 16.4. The molecule has 5 rings (SSSR count). The molecule has 3 atom stereocenters. The van der Waals surface area contributed by atoms with Crippen molar-refractivity contribution >= 4 is 75.1 Å². The van der Waals surface area contributed by atoms with Crippen LogP contribution in [0, 0.1) is 19.3 Å². The first kappa shape index (κ1) is 31.3. The molecule has 4 heterocycles. The van der Waals surface area contributed by atoms with E-state index in [1.165, 1.54) is 28.4 Å². The molecule has 2 unspecified atom stereocenters. The summed E-state index contributed by atoms with van der Waals surface area (Å²) in [6, 6.07) is 6.60. The van der Waals surface area contributed by atoms with Crippen molar-refractivity contribution in [3.05, 3.63) is 46.5 Å². The van der Waals surface area contributed by atoms with Crippen molar-refractivity contribution in [3.63, 3.8) is 0 Å². The first-order valence-electron chi connectivity index (χ1n) is 13.5. The van der Waals surface area contributed by atoms with Crippen molar-refractivity contribution in [2.75, 3.05) is 41.9 Å². The van der Waals surface area contributed by atoms with Gasteiger partial charge >= 0.3 is 11.1 Å². The number of thiazole rings is 1. The lowest BCUT2D eigenvalue weighted by Gasteiger charge is -2.53. The van der Waals surface area contributed by atoms with Crippen LogP contribution in [0.2, 0.25) is 0 Å². The van der Waals surface area contributed by atoms with E-state index >= 15 is 0 Å². The zero-order chi connectivity index (χ0) is 31.8. The highest BCUT2D eigenvalue weighted by Crippen LogP contribution is 2.44. The lowest BCUT2D eigenvalue weighted by molar-refractivity contribution is -0.626. The number of benzene rings is 1. The van der Waals surface area contributed by atoms with Crippen molar-refractivity contribution < 1.29 is 28.9 Å². The fourth-order valence-corrected chi connectivity index (χ4v) is 8.41. The van der Waals surface area contributed by atoms with Crippen molar-refractivity contribution in [1.29, 1.82) is 0 Å². The Morgan fingerprint density at radius 3 is 2.70 bits per heavy atom.